The van der Waals surface area contributed by atoms with Gasteiger partial charge in [0.1, 0.15) is 5.01 Å². The summed E-state index contributed by atoms with van der Waals surface area (Å²) in [6.07, 6.45) is 1.65. The van der Waals surface area contributed by atoms with Crippen molar-refractivity contribution >= 4 is 46.3 Å². The van der Waals surface area contributed by atoms with Crippen molar-refractivity contribution in [2.45, 2.75) is 25.8 Å². The van der Waals surface area contributed by atoms with E-state index in [1.807, 2.05) is 31.2 Å². The number of urea groups is 1. The van der Waals surface area contributed by atoms with Gasteiger partial charge in [-0.2, -0.15) is 0 Å². The second-order valence-electron chi connectivity index (χ2n) is 7.06. The highest BCUT2D eigenvalue weighted by atomic mass is 35.5. The Morgan fingerprint density at radius 3 is 2.63 bits per heavy atom. The molecule has 4 rings (SSSR count). The van der Waals surface area contributed by atoms with Crippen molar-refractivity contribution in [2.24, 2.45) is 0 Å². The Morgan fingerprint density at radius 1 is 1.10 bits per heavy atom. The zero-order valence-electron chi connectivity index (χ0n) is 16.3. The lowest BCUT2D eigenvalue weighted by Gasteiger charge is -2.23. The van der Waals surface area contributed by atoms with Crippen molar-refractivity contribution in [1.29, 1.82) is 0 Å². The van der Waals surface area contributed by atoms with Gasteiger partial charge < -0.3 is 15.5 Å². The molecule has 1 aliphatic rings. The third-order valence-corrected chi connectivity index (χ3v) is 6.04. The van der Waals surface area contributed by atoms with E-state index in [9.17, 15) is 9.59 Å². The van der Waals surface area contributed by atoms with Crippen LogP contribution in [0, 0.1) is 6.92 Å². The number of carbonyl (C=O) groups excluding carboxylic acids is 2. The maximum atomic E-state index is 12.8. The van der Waals surface area contributed by atoms with Crippen molar-refractivity contribution in [3.8, 4) is 0 Å². The molecule has 2 heterocycles. The van der Waals surface area contributed by atoms with E-state index in [1.165, 1.54) is 11.3 Å². The fourth-order valence-electron chi connectivity index (χ4n) is 3.40. The first-order valence-corrected chi connectivity index (χ1v) is 10.7. The molecule has 9 heteroatoms. The molecule has 2 aromatic carbocycles. The minimum absolute atomic E-state index is 0.178. The van der Waals surface area contributed by atoms with Crippen LogP contribution in [0.15, 0.2) is 48.5 Å². The van der Waals surface area contributed by atoms with Gasteiger partial charge in [-0.1, -0.05) is 41.1 Å². The van der Waals surface area contributed by atoms with Gasteiger partial charge in [0.2, 0.25) is 5.01 Å². The number of anilines is 2. The number of nitrogens with zero attached hydrogens (tertiary/aromatic N) is 3. The summed E-state index contributed by atoms with van der Waals surface area (Å²) in [6.45, 7) is 2.61. The van der Waals surface area contributed by atoms with Gasteiger partial charge in [-0.05, 0) is 55.7 Å². The Balaban J connectivity index is 1.45. The average molecular weight is 442 g/mol. The second-order valence-corrected chi connectivity index (χ2v) is 8.51. The molecule has 1 atom stereocenters. The number of halogens is 1. The number of hydrogen-bond acceptors (Lipinski definition) is 5. The topological polar surface area (TPSA) is 87.2 Å². The predicted molar refractivity (Wildman–Crippen MR) is 118 cm³/mol. The Morgan fingerprint density at radius 2 is 1.87 bits per heavy atom. The highest BCUT2D eigenvalue weighted by Gasteiger charge is 2.33. The van der Waals surface area contributed by atoms with Crippen LogP contribution in [0.2, 0.25) is 5.02 Å². The molecule has 1 fully saturated rings. The molecule has 0 saturated carbocycles. The highest BCUT2D eigenvalue weighted by molar-refractivity contribution is 7.13. The minimum Gasteiger partial charge on any atom is -0.320 e. The molecule has 0 spiro atoms. The summed E-state index contributed by atoms with van der Waals surface area (Å²) in [5, 5.41) is 15.4. The smallest absolute Gasteiger partial charge is 0.320 e. The number of hydrogen-bond donors (Lipinski definition) is 2. The molecule has 154 valence electrons. The summed E-state index contributed by atoms with van der Waals surface area (Å²) in [6, 6.07) is 14.2. The number of benzene rings is 2. The van der Waals surface area contributed by atoms with Crippen LogP contribution in [-0.2, 0) is 0 Å². The number of carbonyl (C=O) groups is 2. The maximum Gasteiger partial charge on any atom is 0.322 e. The van der Waals surface area contributed by atoms with E-state index >= 15 is 0 Å². The van der Waals surface area contributed by atoms with Gasteiger partial charge in [0.25, 0.3) is 5.91 Å². The Labute approximate surface area is 183 Å². The zero-order valence-corrected chi connectivity index (χ0v) is 17.8. The van der Waals surface area contributed by atoms with Crippen LogP contribution >= 0.6 is 22.9 Å². The lowest BCUT2D eigenvalue weighted by Crippen LogP contribution is -2.34. The van der Waals surface area contributed by atoms with E-state index in [4.69, 9.17) is 11.6 Å². The molecule has 0 aliphatic carbocycles. The third-order valence-electron chi connectivity index (χ3n) is 4.79. The Kier molecular flexibility index (Phi) is 5.96. The Bertz CT molecular complexity index is 1090. The number of rotatable bonds is 4. The predicted octanol–water partition coefficient (Wildman–Crippen LogP) is 5.12. The molecule has 1 aromatic heterocycles. The van der Waals surface area contributed by atoms with Crippen molar-refractivity contribution in [3.63, 3.8) is 0 Å². The van der Waals surface area contributed by atoms with Crippen LogP contribution in [0.1, 0.15) is 39.3 Å². The molecule has 1 aliphatic heterocycles. The Hall–Kier alpha value is -2.97. The fourth-order valence-corrected chi connectivity index (χ4v) is 4.47. The van der Waals surface area contributed by atoms with E-state index in [-0.39, 0.29) is 23.0 Å². The van der Waals surface area contributed by atoms with Gasteiger partial charge in [0.15, 0.2) is 0 Å². The molecule has 3 aromatic rings. The number of amides is 3. The van der Waals surface area contributed by atoms with Crippen molar-refractivity contribution < 1.29 is 9.59 Å². The molecule has 1 unspecified atom stereocenters. The number of likely N-dealkylation sites (tertiary alicyclic amines) is 1. The normalized spacial score (nSPS) is 15.8. The van der Waals surface area contributed by atoms with Gasteiger partial charge in [-0.25, -0.2) is 4.79 Å². The van der Waals surface area contributed by atoms with Gasteiger partial charge in [0.05, 0.1) is 6.04 Å². The average Bonchev–Trinajstić information content (AvgIpc) is 3.37. The van der Waals surface area contributed by atoms with Gasteiger partial charge in [-0.3, -0.25) is 4.79 Å². The van der Waals surface area contributed by atoms with E-state index in [0.717, 1.165) is 24.1 Å². The number of aryl methyl sites for hydroxylation is 1. The minimum atomic E-state index is -0.352. The number of nitrogens with one attached hydrogen (secondary N) is 2. The first kappa shape index (κ1) is 20.3. The maximum absolute atomic E-state index is 12.8. The van der Waals surface area contributed by atoms with Crippen LogP contribution in [0.5, 0.6) is 0 Å². The van der Waals surface area contributed by atoms with Crippen molar-refractivity contribution in [2.75, 3.05) is 17.2 Å². The van der Waals surface area contributed by atoms with E-state index in [2.05, 4.69) is 20.8 Å². The van der Waals surface area contributed by atoms with E-state index < -0.39 is 0 Å². The quantitative estimate of drug-likeness (QED) is 0.588. The van der Waals surface area contributed by atoms with Crippen LogP contribution in [0.4, 0.5) is 16.2 Å². The summed E-state index contributed by atoms with van der Waals surface area (Å²) in [7, 11) is 0. The van der Waals surface area contributed by atoms with Gasteiger partial charge in [-0.15, -0.1) is 10.2 Å². The van der Waals surface area contributed by atoms with E-state index in [0.29, 0.717) is 22.3 Å². The van der Waals surface area contributed by atoms with Crippen LogP contribution < -0.4 is 10.6 Å². The summed E-state index contributed by atoms with van der Waals surface area (Å²) in [4.78, 5) is 27.1. The molecule has 1 saturated heterocycles. The van der Waals surface area contributed by atoms with Crippen LogP contribution in [0.25, 0.3) is 0 Å². The van der Waals surface area contributed by atoms with Crippen molar-refractivity contribution in [3.05, 3.63) is 69.1 Å². The van der Waals surface area contributed by atoms with Gasteiger partial charge >= 0.3 is 6.03 Å². The molecular formula is C21H20ClN5O2S. The van der Waals surface area contributed by atoms with Crippen LogP contribution in [-0.4, -0.2) is 33.6 Å². The SMILES string of the molecule is Cc1cccc(NC(=O)N2CCCC2c2nnc(C(=O)Nc3cccc(Cl)c3)s2)c1. The molecule has 0 bridgehead atoms. The van der Waals surface area contributed by atoms with Crippen LogP contribution in [0.3, 0.4) is 0 Å². The second kappa shape index (κ2) is 8.81. The largest absolute Gasteiger partial charge is 0.322 e. The molecule has 2 N–H and O–H groups in total. The van der Waals surface area contributed by atoms with Crippen molar-refractivity contribution in [1.82, 2.24) is 15.1 Å². The summed E-state index contributed by atoms with van der Waals surface area (Å²) in [5.41, 5.74) is 2.42. The summed E-state index contributed by atoms with van der Waals surface area (Å²) >= 11 is 7.16. The monoisotopic (exact) mass is 441 g/mol. The van der Waals surface area contributed by atoms with Gasteiger partial charge in [0, 0.05) is 22.9 Å². The molecule has 0 radical (unpaired) electrons. The standard InChI is InChI=1S/C21H20ClN5O2S/c1-13-5-2-7-15(11-13)24-21(29)27-10-4-9-17(27)19-25-26-20(30-19)18(28)23-16-8-3-6-14(22)12-16/h2-3,5-8,11-12,17H,4,9-10H2,1H3,(H,23,28)(H,24,29). The lowest BCUT2D eigenvalue weighted by molar-refractivity contribution is 0.102. The highest BCUT2D eigenvalue weighted by Crippen LogP contribution is 2.34. The third kappa shape index (κ3) is 4.60. The molecule has 3 amide bonds. The summed E-state index contributed by atoms with van der Waals surface area (Å²) < 4.78 is 0. The zero-order chi connectivity index (χ0) is 21.1. The molecular weight excluding hydrogens is 422 g/mol. The first-order valence-electron chi connectivity index (χ1n) is 9.54. The fraction of sp³-hybridized carbons (Fsp3) is 0.238. The molecule has 7 nitrogen and oxygen atoms in total. The lowest BCUT2D eigenvalue weighted by atomic mass is 10.2. The summed E-state index contributed by atoms with van der Waals surface area (Å²) in [5.74, 6) is -0.352. The van der Waals surface area contributed by atoms with E-state index in [1.54, 1.807) is 29.2 Å². The first-order chi connectivity index (χ1) is 14.5. The molecule has 30 heavy (non-hydrogen) atoms. The number of aromatic nitrogens is 2.